The van der Waals surface area contributed by atoms with Gasteiger partial charge in [-0.3, -0.25) is 4.57 Å². The summed E-state index contributed by atoms with van der Waals surface area (Å²) < 4.78 is 13.3. The van der Waals surface area contributed by atoms with Crippen molar-refractivity contribution in [2.24, 2.45) is 0 Å². The molecule has 0 fully saturated rings. The van der Waals surface area contributed by atoms with E-state index >= 15 is 0 Å². The molecule has 9 heteroatoms. The third-order valence-corrected chi connectivity index (χ3v) is 4.35. The number of unbranched alkanes of at least 4 members (excludes halogenated alkanes) is 1. The standard InChI is InChI=1S/C14H20N5O3P/c1-3-4-5-11(23(20,21)22)6-10(2)7-19-9-18-12-13(15)16-8-17-14(12)19/h8-9H,3-5,7H2,1-2H3,(H2,15,16,17)(H2,20,21,22). The molecule has 0 spiro atoms. The molecule has 0 unspecified atom stereocenters. The van der Waals surface area contributed by atoms with E-state index in [-0.39, 0.29) is 5.31 Å². The molecule has 0 amide bonds. The van der Waals surface area contributed by atoms with Crippen LogP contribution < -0.4 is 5.73 Å². The van der Waals surface area contributed by atoms with Crippen LogP contribution in [0.15, 0.2) is 29.3 Å². The van der Waals surface area contributed by atoms with Gasteiger partial charge in [0.15, 0.2) is 11.5 Å². The minimum absolute atomic E-state index is 0.0374. The minimum atomic E-state index is -4.29. The summed E-state index contributed by atoms with van der Waals surface area (Å²) in [5, 5.41) is 0.0374. The summed E-state index contributed by atoms with van der Waals surface area (Å²) in [5.74, 6) is 0.296. The molecular formula is C14H20N5O3P. The van der Waals surface area contributed by atoms with Gasteiger partial charge in [-0.2, -0.15) is 0 Å². The fourth-order valence-electron chi connectivity index (χ4n) is 2.18. The van der Waals surface area contributed by atoms with Crippen molar-refractivity contribution in [2.45, 2.75) is 39.7 Å². The van der Waals surface area contributed by atoms with Crippen LogP contribution in [0, 0.1) is 0 Å². The predicted molar refractivity (Wildman–Crippen MR) is 87.5 cm³/mol. The van der Waals surface area contributed by atoms with Crippen molar-refractivity contribution in [3.63, 3.8) is 0 Å². The van der Waals surface area contributed by atoms with E-state index in [9.17, 15) is 14.4 Å². The largest absolute Gasteiger partial charge is 0.382 e. The van der Waals surface area contributed by atoms with E-state index in [1.54, 1.807) is 17.8 Å². The second-order valence-electron chi connectivity index (χ2n) is 5.30. The summed E-state index contributed by atoms with van der Waals surface area (Å²) in [6, 6.07) is 0. The smallest absolute Gasteiger partial charge is 0.359 e. The van der Waals surface area contributed by atoms with Crippen molar-refractivity contribution in [1.82, 2.24) is 19.5 Å². The molecule has 0 saturated carbocycles. The van der Waals surface area contributed by atoms with E-state index in [0.29, 0.717) is 41.9 Å². The Labute approximate surface area is 133 Å². The number of imidazole rings is 1. The molecule has 8 nitrogen and oxygen atoms in total. The first-order valence-electron chi connectivity index (χ1n) is 7.25. The number of rotatable bonds is 6. The average Bonchev–Trinajstić information content (AvgIpc) is 2.87. The van der Waals surface area contributed by atoms with Gasteiger partial charge in [0, 0.05) is 0 Å². The Balaban J connectivity index is 2.37. The highest BCUT2D eigenvalue weighted by Gasteiger charge is 2.20. The van der Waals surface area contributed by atoms with Crippen LogP contribution in [-0.2, 0) is 11.1 Å². The highest BCUT2D eigenvalue weighted by atomic mass is 31.2. The third-order valence-electron chi connectivity index (χ3n) is 3.31. The topological polar surface area (TPSA) is 127 Å². The van der Waals surface area contributed by atoms with Crippen LogP contribution >= 0.6 is 7.60 Å². The molecule has 2 heterocycles. The van der Waals surface area contributed by atoms with Gasteiger partial charge in [0.25, 0.3) is 0 Å². The molecule has 2 aromatic heterocycles. The Bertz CT molecular complexity index is 817. The van der Waals surface area contributed by atoms with Gasteiger partial charge in [0.05, 0.1) is 18.2 Å². The Morgan fingerprint density at radius 1 is 1.39 bits per heavy atom. The molecule has 0 aromatic carbocycles. The lowest BCUT2D eigenvalue weighted by Crippen LogP contribution is -2.00. The molecule has 124 valence electrons. The first-order chi connectivity index (χ1) is 10.8. The maximum atomic E-state index is 11.6. The summed E-state index contributed by atoms with van der Waals surface area (Å²) in [6.45, 7) is 4.09. The third kappa shape index (κ3) is 4.27. The van der Waals surface area contributed by atoms with E-state index in [1.807, 2.05) is 6.92 Å². The molecule has 0 atom stereocenters. The lowest BCUT2D eigenvalue weighted by atomic mass is 10.2. The zero-order chi connectivity index (χ0) is 17.0. The summed E-state index contributed by atoms with van der Waals surface area (Å²) in [4.78, 5) is 31.0. The van der Waals surface area contributed by atoms with Gasteiger partial charge in [-0.15, -0.1) is 5.73 Å². The zero-order valence-corrected chi connectivity index (χ0v) is 14.0. The molecule has 0 aliphatic carbocycles. The predicted octanol–water partition coefficient (Wildman–Crippen LogP) is 2.21. The van der Waals surface area contributed by atoms with Crippen LogP contribution in [0.1, 0.15) is 33.1 Å². The molecule has 2 aromatic rings. The second-order valence-corrected chi connectivity index (χ2v) is 6.93. The summed E-state index contributed by atoms with van der Waals surface area (Å²) in [7, 11) is -4.29. The number of aromatic nitrogens is 4. The summed E-state index contributed by atoms with van der Waals surface area (Å²) in [5.41, 5.74) is 10.3. The van der Waals surface area contributed by atoms with Crippen LogP contribution in [0.2, 0.25) is 0 Å². The van der Waals surface area contributed by atoms with Crippen molar-refractivity contribution < 1.29 is 14.4 Å². The number of anilines is 1. The van der Waals surface area contributed by atoms with E-state index < -0.39 is 7.60 Å². The minimum Gasteiger partial charge on any atom is -0.382 e. The number of nitrogens with two attached hydrogens (primary N) is 1. The number of allylic oxidation sites excluding steroid dienone is 1. The average molecular weight is 337 g/mol. The Morgan fingerprint density at radius 2 is 2.13 bits per heavy atom. The number of hydrogen-bond donors (Lipinski definition) is 3. The van der Waals surface area contributed by atoms with Crippen molar-refractivity contribution in [3.8, 4) is 0 Å². The van der Waals surface area contributed by atoms with Crippen LogP contribution in [0.5, 0.6) is 0 Å². The van der Waals surface area contributed by atoms with Crippen molar-refractivity contribution in [1.29, 1.82) is 0 Å². The van der Waals surface area contributed by atoms with Crippen LogP contribution in [-0.4, -0.2) is 29.3 Å². The molecule has 2 rings (SSSR count). The lowest BCUT2D eigenvalue weighted by Gasteiger charge is -2.07. The molecule has 0 aliphatic heterocycles. The van der Waals surface area contributed by atoms with Crippen LogP contribution in [0.25, 0.3) is 11.2 Å². The summed E-state index contributed by atoms with van der Waals surface area (Å²) in [6.07, 6.45) is 4.82. The van der Waals surface area contributed by atoms with E-state index in [1.165, 1.54) is 6.33 Å². The monoisotopic (exact) mass is 337 g/mol. The quantitative estimate of drug-likeness (QED) is 0.544. The number of nitrogens with zero attached hydrogens (tertiary/aromatic N) is 4. The van der Waals surface area contributed by atoms with Gasteiger partial charge in [0.1, 0.15) is 11.8 Å². The zero-order valence-electron chi connectivity index (χ0n) is 13.1. The van der Waals surface area contributed by atoms with Crippen molar-refractivity contribution in [3.05, 3.63) is 29.3 Å². The Morgan fingerprint density at radius 3 is 2.78 bits per heavy atom. The molecule has 0 radical (unpaired) electrons. The molecule has 0 bridgehead atoms. The Kier molecular flexibility index (Phi) is 5.34. The highest BCUT2D eigenvalue weighted by molar-refractivity contribution is 7.56. The lowest BCUT2D eigenvalue weighted by molar-refractivity contribution is 0.380. The maximum Gasteiger partial charge on any atom is 0.359 e. The SMILES string of the molecule is CCCCC(=C=C(C)Cn1cnc2c(N)ncnc21)P(=O)(O)O. The fraction of sp³-hybridized carbons (Fsp3) is 0.429. The van der Waals surface area contributed by atoms with Crippen LogP contribution in [0.3, 0.4) is 0 Å². The van der Waals surface area contributed by atoms with Gasteiger partial charge in [0.2, 0.25) is 0 Å². The normalized spacial score (nSPS) is 11.5. The first kappa shape index (κ1) is 17.4. The van der Waals surface area contributed by atoms with Gasteiger partial charge in [-0.25, -0.2) is 15.0 Å². The van der Waals surface area contributed by atoms with Gasteiger partial charge in [-0.1, -0.05) is 13.3 Å². The van der Waals surface area contributed by atoms with Crippen LogP contribution in [0.4, 0.5) is 5.82 Å². The molecule has 0 saturated heterocycles. The number of hydrogen-bond acceptors (Lipinski definition) is 5. The van der Waals surface area contributed by atoms with E-state index in [4.69, 9.17) is 5.73 Å². The number of nitrogen functional groups attached to an aromatic ring is 1. The van der Waals surface area contributed by atoms with Gasteiger partial charge in [-0.05, 0) is 25.3 Å². The molecular weight excluding hydrogens is 317 g/mol. The van der Waals surface area contributed by atoms with Crippen molar-refractivity contribution >= 4 is 24.6 Å². The number of fused-ring (bicyclic) bond motifs is 1. The summed E-state index contributed by atoms with van der Waals surface area (Å²) >= 11 is 0. The first-order valence-corrected chi connectivity index (χ1v) is 8.86. The fourth-order valence-corrected chi connectivity index (χ4v) is 2.97. The van der Waals surface area contributed by atoms with E-state index in [0.717, 1.165) is 6.42 Å². The maximum absolute atomic E-state index is 11.6. The Hall–Kier alpha value is -1.98. The van der Waals surface area contributed by atoms with Crippen molar-refractivity contribution in [2.75, 3.05) is 5.73 Å². The molecule has 4 N–H and O–H groups in total. The molecule has 23 heavy (non-hydrogen) atoms. The van der Waals surface area contributed by atoms with Gasteiger partial charge < -0.3 is 20.1 Å². The second kappa shape index (κ2) is 7.06. The highest BCUT2D eigenvalue weighted by Crippen LogP contribution is 2.46. The molecule has 0 aliphatic rings. The van der Waals surface area contributed by atoms with Gasteiger partial charge >= 0.3 is 7.60 Å². The van der Waals surface area contributed by atoms with E-state index in [2.05, 4.69) is 20.7 Å².